The van der Waals surface area contributed by atoms with Crippen LogP contribution < -0.4 is 4.90 Å². The summed E-state index contributed by atoms with van der Waals surface area (Å²) in [6, 6.07) is 11.9. The van der Waals surface area contributed by atoms with E-state index in [-0.39, 0.29) is 5.82 Å². The van der Waals surface area contributed by atoms with E-state index in [1.807, 2.05) is 36.4 Å². The van der Waals surface area contributed by atoms with Crippen molar-refractivity contribution in [3.05, 3.63) is 48.5 Å². The van der Waals surface area contributed by atoms with Gasteiger partial charge in [0.15, 0.2) is 0 Å². The third-order valence-corrected chi connectivity index (χ3v) is 2.43. The molecule has 1 aromatic heterocycles. The first-order chi connectivity index (χ1) is 8.35. The van der Waals surface area contributed by atoms with Gasteiger partial charge in [-0.2, -0.15) is 5.26 Å². The smallest absolute Gasteiger partial charge is 0.232 e. The van der Waals surface area contributed by atoms with Gasteiger partial charge in [0, 0.05) is 12.2 Å². The minimum absolute atomic E-state index is 0.192. The molecule has 17 heavy (non-hydrogen) atoms. The van der Waals surface area contributed by atoms with E-state index in [4.69, 9.17) is 5.26 Å². The van der Waals surface area contributed by atoms with Crippen LogP contribution in [0, 0.1) is 11.3 Å². The fourth-order valence-electron chi connectivity index (χ4n) is 1.64. The minimum Gasteiger partial charge on any atom is -0.339 e. The van der Waals surface area contributed by atoms with Crippen molar-refractivity contribution < 1.29 is 0 Å². The van der Waals surface area contributed by atoms with Gasteiger partial charge in [0.1, 0.15) is 6.07 Å². The van der Waals surface area contributed by atoms with Crippen molar-refractivity contribution in [2.24, 2.45) is 0 Å². The van der Waals surface area contributed by atoms with Crippen molar-refractivity contribution in [1.82, 2.24) is 9.97 Å². The molecule has 4 nitrogen and oxygen atoms in total. The standard InChI is InChI=1S/C13H12N4/c1-2-17(11-6-4-3-5-7-11)12-9-15-13(8-14)16-10-12/h3-7,9-10H,2H2,1H3. The van der Waals surface area contributed by atoms with E-state index in [9.17, 15) is 0 Å². The van der Waals surface area contributed by atoms with Gasteiger partial charge in [-0.05, 0) is 19.1 Å². The lowest BCUT2D eigenvalue weighted by molar-refractivity contribution is 0.991. The zero-order valence-corrected chi connectivity index (χ0v) is 9.54. The molecule has 0 saturated carbocycles. The summed E-state index contributed by atoms with van der Waals surface area (Å²) >= 11 is 0. The van der Waals surface area contributed by atoms with Crippen LogP contribution >= 0.6 is 0 Å². The van der Waals surface area contributed by atoms with Crippen molar-refractivity contribution in [3.8, 4) is 6.07 Å². The Hall–Kier alpha value is -2.41. The highest BCUT2D eigenvalue weighted by Gasteiger charge is 2.07. The zero-order chi connectivity index (χ0) is 12.1. The van der Waals surface area contributed by atoms with Crippen molar-refractivity contribution in [2.75, 3.05) is 11.4 Å². The summed E-state index contributed by atoms with van der Waals surface area (Å²) in [5.74, 6) is 0.192. The van der Waals surface area contributed by atoms with E-state index < -0.39 is 0 Å². The van der Waals surface area contributed by atoms with Crippen LogP contribution in [-0.4, -0.2) is 16.5 Å². The molecule has 0 aliphatic heterocycles. The van der Waals surface area contributed by atoms with Crippen molar-refractivity contribution >= 4 is 11.4 Å². The highest BCUT2D eigenvalue weighted by atomic mass is 15.1. The number of rotatable bonds is 3. The van der Waals surface area contributed by atoms with E-state index in [2.05, 4.69) is 21.8 Å². The van der Waals surface area contributed by atoms with Gasteiger partial charge in [-0.1, -0.05) is 18.2 Å². The van der Waals surface area contributed by atoms with E-state index in [1.54, 1.807) is 12.4 Å². The first-order valence-corrected chi connectivity index (χ1v) is 5.40. The quantitative estimate of drug-likeness (QED) is 0.803. The van der Waals surface area contributed by atoms with E-state index in [0.717, 1.165) is 17.9 Å². The van der Waals surface area contributed by atoms with Crippen molar-refractivity contribution in [2.45, 2.75) is 6.92 Å². The van der Waals surface area contributed by atoms with E-state index in [1.165, 1.54) is 0 Å². The Balaban J connectivity index is 2.33. The van der Waals surface area contributed by atoms with Gasteiger partial charge < -0.3 is 4.90 Å². The number of para-hydroxylation sites is 1. The molecule has 1 aromatic carbocycles. The average Bonchev–Trinajstić information content (AvgIpc) is 2.42. The Kier molecular flexibility index (Phi) is 3.31. The van der Waals surface area contributed by atoms with Crippen LogP contribution in [-0.2, 0) is 0 Å². The molecule has 0 bridgehead atoms. The van der Waals surface area contributed by atoms with Crippen LogP contribution in [0.3, 0.4) is 0 Å². The highest BCUT2D eigenvalue weighted by Crippen LogP contribution is 2.22. The Morgan fingerprint density at radius 3 is 2.29 bits per heavy atom. The molecule has 0 atom stereocenters. The predicted octanol–water partition coefficient (Wildman–Crippen LogP) is 2.51. The third-order valence-electron chi connectivity index (χ3n) is 2.43. The zero-order valence-electron chi connectivity index (χ0n) is 9.54. The van der Waals surface area contributed by atoms with Crippen LogP contribution in [0.15, 0.2) is 42.7 Å². The van der Waals surface area contributed by atoms with Crippen molar-refractivity contribution in [3.63, 3.8) is 0 Å². The summed E-state index contributed by atoms with van der Waals surface area (Å²) in [6.45, 7) is 2.88. The molecule has 0 unspecified atom stereocenters. The molecule has 1 heterocycles. The fraction of sp³-hybridized carbons (Fsp3) is 0.154. The molecule has 0 N–H and O–H groups in total. The van der Waals surface area contributed by atoms with Crippen molar-refractivity contribution in [1.29, 1.82) is 5.26 Å². The minimum atomic E-state index is 0.192. The summed E-state index contributed by atoms with van der Waals surface area (Å²) in [6.07, 6.45) is 3.34. The Morgan fingerprint density at radius 2 is 1.76 bits per heavy atom. The lowest BCUT2D eigenvalue weighted by Crippen LogP contribution is -2.16. The number of nitrogens with zero attached hydrogens (tertiary/aromatic N) is 4. The second kappa shape index (κ2) is 5.08. The van der Waals surface area contributed by atoms with Crippen LogP contribution in [0.5, 0.6) is 0 Å². The van der Waals surface area contributed by atoms with Gasteiger partial charge in [-0.3, -0.25) is 0 Å². The molecular formula is C13H12N4. The van der Waals surface area contributed by atoms with Gasteiger partial charge in [0.05, 0.1) is 18.1 Å². The monoisotopic (exact) mass is 224 g/mol. The largest absolute Gasteiger partial charge is 0.339 e. The SMILES string of the molecule is CCN(c1ccccc1)c1cnc(C#N)nc1. The Labute approximate surface area is 100 Å². The second-order valence-corrected chi connectivity index (χ2v) is 3.46. The maximum Gasteiger partial charge on any atom is 0.232 e. The van der Waals surface area contributed by atoms with E-state index in [0.29, 0.717) is 0 Å². The number of benzene rings is 1. The molecule has 2 aromatic rings. The summed E-state index contributed by atoms with van der Waals surface area (Å²) in [5.41, 5.74) is 1.97. The molecule has 4 heteroatoms. The number of hydrogen-bond acceptors (Lipinski definition) is 4. The molecule has 0 amide bonds. The van der Waals surface area contributed by atoms with Crippen LogP contribution in [0.25, 0.3) is 0 Å². The van der Waals surface area contributed by atoms with Gasteiger partial charge in [0.2, 0.25) is 5.82 Å². The molecule has 0 saturated heterocycles. The fourth-order valence-corrected chi connectivity index (χ4v) is 1.64. The predicted molar refractivity (Wildman–Crippen MR) is 65.9 cm³/mol. The molecule has 84 valence electrons. The topological polar surface area (TPSA) is 52.8 Å². The van der Waals surface area contributed by atoms with Gasteiger partial charge >= 0.3 is 0 Å². The summed E-state index contributed by atoms with van der Waals surface area (Å²) < 4.78 is 0. The van der Waals surface area contributed by atoms with E-state index >= 15 is 0 Å². The maximum atomic E-state index is 8.65. The maximum absolute atomic E-state index is 8.65. The molecule has 0 radical (unpaired) electrons. The van der Waals surface area contributed by atoms with Gasteiger partial charge in [-0.25, -0.2) is 9.97 Å². The molecule has 2 rings (SSSR count). The van der Waals surface area contributed by atoms with Gasteiger partial charge in [0.25, 0.3) is 0 Å². The summed E-state index contributed by atoms with van der Waals surface area (Å²) in [7, 11) is 0. The molecule has 0 fully saturated rings. The van der Waals surface area contributed by atoms with Gasteiger partial charge in [-0.15, -0.1) is 0 Å². The summed E-state index contributed by atoms with van der Waals surface area (Å²) in [4.78, 5) is 10.0. The normalized spacial score (nSPS) is 9.65. The second-order valence-electron chi connectivity index (χ2n) is 3.46. The molecule has 0 aliphatic rings. The Bertz CT molecular complexity index is 513. The third kappa shape index (κ3) is 2.40. The van der Waals surface area contributed by atoms with Crippen LogP contribution in [0.4, 0.5) is 11.4 Å². The number of aromatic nitrogens is 2. The average molecular weight is 224 g/mol. The molecular weight excluding hydrogens is 212 g/mol. The summed E-state index contributed by atoms with van der Waals surface area (Å²) in [5, 5.41) is 8.65. The molecule has 0 spiro atoms. The lowest BCUT2D eigenvalue weighted by Gasteiger charge is -2.22. The number of hydrogen-bond donors (Lipinski definition) is 0. The van der Waals surface area contributed by atoms with Crippen LogP contribution in [0.1, 0.15) is 12.7 Å². The first-order valence-electron chi connectivity index (χ1n) is 5.40. The lowest BCUT2D eigenvalue weighted by atomic mass is 10.2. The number of nitriles is 1. The first kappa shape index (κ1) is 11.1. The molecule has 0 aliphatic carbocycles. The van der Waals surface area contributed by atoms with Crippen LogP contribution in [0.2, 0.25) is 0 Å². The number of anilines is 2. The highest BCUT2D eigenvalue weighted by molar-refractivity contribution is 5.61. The Morgan fingerprint density at radius 1 is 1.12 bits per heavy atom.